The highest BCUT2D eigenvalue weighted by Crippen LogP contribution is 2.31. The van der Waals surface area contributed by atoms with Crippen molar-refractivity contribution in [3.63, 3.8) is 0 Å². The number of carbonyl (C=O) groups is 2. The Labute approximate surface area is 216 Å². The number of nitrogens with one attached hydrogen (secondary N) is 2. The third-order valence-corrected chi connectivity index (χ3v) is 7.65. The van der Waals surface area contributed by atoms with Crippen molar-refractivity contribution in [2.24, 2.45) is 0 Å². The molecule has 0 fully saturated rings. The van der Waals surface area contributed by atoms with Crippen molar-refractivity contribution in [1.29, 1.82) is 0 Å². The summed E-state index contributed by atoms with van der Waals surface area (Å²) in [5.41, 5.74) is 1.14. The molecule has 1 aromatic heterocycles. The van der Waals surface area contributed by atoms with E-state index in [0.717, 1.165) is 22.9 Å². The number of thiophene rings is 1. The van der Waals surface area contributed by atoms with E-state index in [-0.39, 0.29) is 11.5 Å². The highest BCUT2D eigenvalue weighted by molar-refractivity contribution is 7.98. The van der Waals surface area contributed by atoms with Crippen molar-refractivity contribution >= 4 is 81.1 Å². The van der Waals surface area contributed by atoms with Crippen LogP contribution in [0.5, 0.6) is 0 Å². The van der Waals surface area contributed by atoms with Crippen LogP contribution in [0.15, 0.2) is 48.5 Å². The van der Waals surface area contributed by atoms with E-state index in [2.05, 4.69) is 15.5 Å². The van der Waals surface area contributed by atoms with Gasteiger partial charge in [0.05, 0.1) is 16.3 Å². The fourth-order valence-corrected chi connectivity index (χ4v) is 5.63. The van der Waals surface area contributed by atoms with Crippen LogP contribution >= 0.6 is 57.9 Å². The molecule has 10 heteroatoms. The predicted molar refractivity (Wildman–Crippen MR) is 143 cm³/mol. The number of hydrogen-bond acceptors (Lipinski definition) is 5. The molecule has 0 spiro atoms. The summed E-state index contributed by atoms with van der Waals surface area (Å²) in [5, 5.41) is 6.91. The van der Waals surface area contributed by atoms with Gasteiger partial charge in [0.15, 0.2) is 0 Å². The van der Waals surface area contributed by atoms with Gasteiger partial charge in [-0.05, 0) is 62.6 Å². The second-order valence-corrected chi connectivity index (χ2v) is 10.9. The molecule has 2 N–H and O–H groups in total. The van der Waals surface area contributed by atoms with Crippen LogP contribution in [-0.4, -0.2) is 43.1 Å². The zero-order valence-electron chi connectivity index (χ0n) is 18.0. The van der Waals surface area contributed by atoms with Gasteiger partial charge in [-0.25, -0.2) is 0 Å². The molecule has 0 bridgehead atoms. The quantitative estimate of drug-likeness (QED) is 0.286. The Morgan fingerprint density at radius 2 is 1.64 bits per heavy atom. The van der Waals surface area contributed by atoms with E-state index >= 15 is 0 Å². The molecule has 0 atom stereocenters. The van der Waals surface area contributed by atoms with Gasteiger partial charge >= 0.3 is 0 Å². The van der Waals surface area contributed by atoms with Gasteiger partial charge in [-0.3, -0.25) is 9.59 Å². The average molecular weight is 543 g/mol. The largest absolute Gasteiger partial charge is 0.322 e. The van der Waals surface area contributed by atoms with Crippen molar-refractivity contribution in [2.45, 2.75) is 5.75 Å². The van der Waals surface area contributed by atoms with Gasteiger partial charge in [0.2, 0.25) is 0 Å². The van der Waals surface area contributed by atoms with Crippen molar-refractivity contribution in [3.8, 4) is 0 Å². The molecule has 0 aliphatic carbocycles. The molecule has 3 rings (SSSR count). The molecule has 174 valence electrons. The number of benzene rings is 2. The Bertz CT molecular complexity index is 1130. The first-order valence-corrected chi connectivity index (χ1v) is 13.0. The summed E-state index contributed by atoms with van der Waals surface area (Å²) in [5.74, 6) is 0.977. The van der Waals surface area contributed by atoms with Crippen LogP contribution in [0, 0.1) is 0 Å². The summed E-state index contributed by atoms with van der Waals surface area (Å²) in [4.78, 5) is 29.4. The van der Waals surface area contributed by atoms with Crippen LogP contribution in [0.25, 0.3) is 0 Å². The number of rotatable bonds is 9. The topological polar surface area (TPSA) is 61.4 Å². The Kier molecular flexibility index (Phi) is 9.49. The number of carbonyl (C=O) groups excluding carboxylic acids is 2. The van der Waals surface area contributed by atoms with Crippen LogP contribution in [0.1, 0.15) is 24.9 Å². The fourth-order valence-electron chi connectivity index (χ4n) is 2.79. The van der Waals surface area contributed by atoms with Gasteiger partial charge in [-0.15, -0.1) is 11.3 Å². The molecule has 33 heavy (non-hydrogen) atoms. The van der Waals surface area contributed by atoms with Crippen molar-refractivity contribution < 1.29 is 9.59 Å². The fraction of sp³-hybridized carbons (Fsp3) is 0.217. The maximum atomic E-state index is 12.9. The van der Waals surface area contributed by atoms with E-state index in [4.69, 9.17) is 34.8 Å². The summed E-state index contributed by atoms with van der Waals surface area (Å²) in [7, 11) is 4.07. The van der Waals surface area contributed by atoms with Crippen LogP contribution in [0.4, 0.5) is 11.4 Å². The predicted octanol–water partition coefficient (Wildman–Crippen LogP) is 7.01. The van der Waals surface area contributed by atoms with E-state index in [9.17, 15) is 9.59 Å². The number of amides is 2. The van der Waals surface area contributed by atoms with Crippen molar-refractivity contribution in [2.75, 3.05) is 37.0 Å². The van der Waals surface area contributed by atoms with E-state index in [1.165, 1.54) is 17.4 Å². The highest BCUT2D eigenvalue weighted by Gasteiger charge is 2.19. The summed E-state index contributed by atoms with van der Waals surface area (Å²) in [6.07, 6.45) is 0. The van der Waals surface area contributed by atoms with Gasteiger partial charge in [0.25, 0.3) is 11.8 Å². The molecule has 0 aliphatic rings. The first kappa shape index (κ1) is 25.9. The third-order valence-electron chi connectivity index (χ3n) is 4.45. The Morgan fingerprint density at radius 3 is 2.33 bits per heavy atom. The molecular formula is C23H22Cl3N3O2S2. The van der Waals surface area contributed by atoms with Crippen LogP contribution in [0.3, 0.4) is 0 Å². The van der Waals surface area contributed by atoms with Crippen LogP contribution in [0.2, 0.25) is 15.1 Å². The number of thioether (sulfide) groups is 1. The lowest BCUT2D eigenvalue weighted by atomic mass is 10.1. The second kappa shape index (κ2) is 12.1. The number of anilines is 2. The summed E-state index contributed by atoms with van der Waals surface area (Å²) in [6, 6.07) is 13.2. The van der Waals surface area contributed by atoms with E-state index in [0.29, 0.717) is 31.3 Å². The zero-order valence-corrected chi connectivity index (χ0v) is 21.9. The van der Waals surface area contributed by atoms with Gasteiger partial charge in [0.1, 0.15) is 4.88 Å². The normalized spacial score (nSPS) is 11.0. The summed E-state index contributed by atoms with van der Waals surface area (Å²) >= 11 is 21.5. The molecule has 0 radical (unpaired) electrons. The summed E-state index contributed by atoms with van der Waals surface area (Å²) in [6.45, 7) is 0.981. The maximum Gasteiger partial charge on any atom is 0.267 e. The first-order chi connectivity index (χ1) is 15.7. The van der Waals surface area contributed by atoms with Gasteiger partial charge in [0, 0.05) is 38.7 Å². The minimum atomic E-state index is -0.412. The van der Waals surface area contributed by atoms with Gasteiger partial charge < -0.3 is 15.5 Å². The molecule has 5 nitrogen and oxygen atoms in total. The standard InChI is InChI=1S/C23H22Cl3N3O2S2/c1-29(2)9-10-32-13-17-12-19(26)21(33-17)23(31)28-20-8-5-15(25)11-18(20)22(30)27-16-6-3-14(24)4-7-16/h3-8,11-12H,9-10,13H2,1-2H3,(H,27,30)(H,28,31). The lowest BCUT2D eigenvalue weighted by molar-refractivity contribution is 0.102. The molecule has 1 heterocycles. The molecule has 3 aromatic rings. The SMILES string of the molecule is CN(C)CCSCc1cc(Cl)c(C(=O)Nc2ccc(Cl)cc2C(=O)Nc2ccc(Cl)cc2)s1. The van der Waals surface area contributed by atoms with Crippen LogP contribution < -0.4 is 10.6 Å². The average Bonchev–Trinajstić information content (AvgIpc) is 3.14. The molecule has 0 saturated carbocycles. The molecule has 0 aliphatic heterocycles. The maximum absolute atomic E-state index is 12.9. The highest BCUT2D eigenvalue weighted by atomic mass is 35.5. The monoisotopic (exact) mass is 541 g/mol. The number of nitrogens with zero attached hydrogens (tertiary/aromatic N) is 1. The molecule has 0 unspecified atom stereocenters. The molecular weight excluding hydrogens is 521 g/mol. The first-order valence-electron chi connectivity index (χ1n) is 9.91. The van der Waals surface area contributed by atoms with E-state index in [1.807, 2.05) is 20.2 Å². The Morgan fingerprint density at radius 1 is 0.939 bits per heavy atom. The smallest absolute Gasteiger partial charge is 0.267 e. The minimum absolute atomic E-state index is 0.234. The zero-order chi connectivity index (χ0) is 24.0. The third kappa shape index (κ3) is 7.64. The molecule has 2 aromatic carbocycles. The minimum Gasteiger partial charge on any atom is -0.322 e. The lowest BCUT2D eigenvalue weighted by Gasteiger charge is -2.12. The van der Waals surface area contributed by atoms with Crippen molar-refractivity contribution in [1.82, 2.24) is 4.90 Å². The number of halogens is 3. The Hall–Kier alpha value is -1.74. The van der Waals surface area contributed by atoms with Gasteiger partial charge in [-0.1, -0.05) is 34.8 Å². The summed E-state index contributed by atoms with van der Waals surface area (Å²) < 4.78 is 0. The van der Waals surface area contributed by atoms with E-state index in [1.54, 1.807) is 48.2 Å². The van der Waals surface area contributed by atoms with Crippen LogP contribution in [-0.2, 0) is 5.75 Å². The molecule has 2 amide bonds. The lowest BCUT2D eigenvalue weighted by Crippen LogP contribution is -2.18. The second-order valence-electron chi connectivity index (χ2n) is 7.35. The number of hydrogen-bond donors (Lipinski definition) is 2. The van der Waals surface area contributed by atoms with E-state index < -0.39 is 5.91 Å². The molecule has 0 saturated heterocycles. The Balaban J connectivity index is 1.72. The van der Waals surface area contributed by atoms with Gasteiger partial charge in [-0.2, -0.15) is 11.8 Å². The van der Waals surface area contributed by atoms with Crippen molar-refractivity contribution in [3.05, 3.63) is 78.9 Å².